The Morgan fingerprint density at radius 2 is 1.65 bits per heavy atom. The summed E-state index contributed by atoms with van der Waals surface area (Å²) in [4.78, 5) is 0. The molecule has 2 rings (SSSR count). The third-order valence-corrected chi connectivity index (χ3v) is 2.64. The van der Waals surface area contributed by atoms with Gasteiger partial charge in [-0.1, -0.05) is 30.3 Å². The molecule has 17 heavy (non-hydrogen) atoms. The summed E-state index contributed by atoms with van der Waals surface area (Å²) in [5, 5.41) is 19.6. The van der Waals surface area contributed by atoms with Crippen molar-refractivity contribution in [2.45, 2.75) is 12.5 Å². The molecule has 2 N–H and O–H groups in total. The summed E-state index contributed by atoms with van der Waals surface area (Å²) in [6, 6.07) is 12.6. The standard InChI is InChI=1S/C14H13FO2/c15-11-7-5-10(6-8-11)9-14(17)12-3-1-2-4-13(12)16/h1-8,14,16-17H,9H2. The molecule has 2 aromatic rings. The fourth-order valence-electron chi connectivity index (χ4n) is 1.72. The lowest BCUT2D eigenvalue weighted by Crippen LogP contribution is -2.02. The van der Waals surface area contributed by atoms with Crippen LogP contribution in [0, 0.1) is 5.82 Å². The van der Waals surface area contributed by atoms with E-state index in [0.717, 1.165) is 5.56 Å². The van der Waals surface area contributed by atoms with Crippen LogP contribution in [0.5, 0.6) is 5.75 Å². The highest BCUT2D eigenvalue weighted by Crippen LogP contribution is 2.26. The molecule has 88 valence electrons. The molecule has 0 heterocycles. The van der Waals surface area contributed by atoms with Crippen molar-refractivity contribution in [3.8, 4) is 5.75 Å². The Kier molecular flexibility index (Phi) is 3.40. The van der Waals surface area contributed by atoms with Gasteiger partial charge in [0.25, 0.3) is 0 Å². The molecular formula is C14H13FO2. The molecule has 0 radical (unpaired) electrons. The average Bonchev–Trinajstić information content (AvgIpc) is 2.32. The van der Waals surface area contributed by atoms with E-state index >= 15 is 0 Å². The van der Waals surface area contributed by atoms with Crippen LogP contribution in [0.3, 0.4) is 0 Å². The van der Waals surface area contributed by atoms with Gasteiger partial charge in [0.1, 0.15) is 11.6 Å². The van der Waals surface area contributed by atoms with Crippen LogP contribution in [-0.2, 0) is 6.42 Å². The second-order valence-corrected chi connectivity index (χ2v) is 3.91. The van der Waals surface area contributed by atoms with E-state index in [0.29, 0.717) is 12.0 Å². The lowest BCUT2D eigenvalue weighted by atomic mass is 10.0. The summed E-state index contributed by atoms with van der Waals surface area (Å²) in [7, 11) is 0. The normalized spacial score (nSPS) is 12.4. The number of rotatable bonds is 3. The lowest BCUT2D eigenvalue weighted by molar-refractivity contribution is 0.174. The van der Waals surface area contributed by atoms with Crippen LogP contribution in [0.2, 0.25) is 0 Å². The Morgan fingerprint density at radius 3 is 2.29 bits per heavy atom. The molecule has 2 nitrogen and oxygen atoms in total. The van der Waals surface area contributed by atoms with Crippen LogP contribution in [-0.4, -0.2) is 10.2 Å². The van der Waals surface area contributed by atoms with Crippen LogP contribution in [0.25, 0.3) is 0 Å². The quantitative estimate of drug-likeness (QED) is 0.854. The maximum Gasteiger partial charge on any atom is 0.123 e. The highest BCUT2D eigenvalue weighted by Gasteiger charge is 2.12. The number of hydrogen-bond acceptors (Lipinski definition) is 2. The molecule has 0 saturated carbocycles. The summed E-state index contributed by atoms with van der Waals surface area (Å²) in [6.07, 6.45) is -0.445. The van der Waals surface area contributed by atoms with Crippen molar-refractivity contribution < 1.29 is 14.6 Å². The number of aromatic hydroxyl groups is 1. The number of benzene rings is 2. The zero-order valence-corrected chi connectivity index (χ0v) is 9.18. The van der Waals surface area contributed by atoms with Gasteiger partial charge in [0.2, 0.25) is 0 Å². The fourth-order valence-corrected chi connectivity index (χ4v) is 1.72. The maximum atomic E-state index is 12.7. The minimum atomic E-state index is -0.790. The zero-order valence-electron chi connectivity index (χ0n) is 9.18. The summed E-state index contributed by atoms with van der Waals surface area (Å²) in [5.41, 5.74) is 1.30. The van der Waals surface area contributed by atoms with Gasteiger partial charge in [-0.2, -0.15) is 0 Å². The van der Waals surface area contributed by atoms with Gasteiger partial charge in [0.05, 0.1) is 6.10 Å². The van der Waals surface area contributed by atoms with Gasteiger partial charge >= 0.3 is 0 Å². The van der Waals surface area contributed by atoms with E-state index in [2.05, 4.69) is 0 Å². The number of phenols is 1. The first-order chi connectivity index (χ1) is 8.16. The fraction of sp³-hybridized carbons (Fsp3) is 0.143. The summed E-state index contributed by atoms with van der Waals surface area (Å²) in [5.74, 6) is -0.229. The van der Waals surface area contributed by atoms with E-state index in [-0.39, 0.29) is 11.6 Å². The van der Waals surface area contributed by atoms with Crippen LogP contribution >= 0.6 is 0 Å². The minimum absolute atomic E-state index is 0.0714. The molecule has 0 aliphatic heterocycles. The van der Waals surface area contributed by atoms with Crippen molar-refractivity contribution in [3.05, 3.63) is 65.5 Å². The molecule has 0 aliphatic rings. The Bertz CT molecular complexity index is 494. The first-order valence-corrected chi connectivity index (χ1v) is 5.37. The number of hydrogen-bond donors (Lipinski definition) is 2. The lowest BCUT2D eigenvalue weighted by Gasteiger charge is -2.12. The van der Waals surface area contributed by atoms with Crippen LogP contribution in [0.1, 0.15) is 17.2 Å². The first-order valence-electron chi connectivity index (χ1n) is 5.37. The SMILES string of the molecule is Oc1ccccc1C(O)Cc1ccc(F)cc1. The molecule has 2 aromatic carbocycles. The molecule has 0 bridgehead atoms. The van der Waals surface area contributed by atoms with Crippen LogP contribution in [0.15, 0.2) is 48.5 Å². The van der Waals surface area contributed by atoms with E-state index < -0.39 is 6.10 Å². The van der Waals surface area contributed by atoms with E-state index in [1.807, 2.05) is 0 Å². The predicted octanol–water partition coefficient (Wildman–Crippen LogP) is 2.81. The van der Waals surface area contributed by atoms with Gasteiger partial charge in [0, 0.05) is 12.0 Å². The number of aliphatic hydroxyl groups is 1. The number of phenolic OH excluding ortho intramolecular Hbond substituents is 1. The van der Waals surface area contributed by atoms with Gasteiger partial charge in [-0.05, 0) is 23.8 Å². The van der Waals surface area contributed by atoms with E-state index in [4.69, 9.17) is 0 Å². The van der Waals surface area contributed by atoms with Gasteiger partial charge < -0.3 is 10.2 Å². The average molecular weight is 232 g/mol. The molecule has 0 amide bonds. The van der Waals surface area contributed by atoms with Crippen molar-refractivity contribution in [2.75, 3.05) is 0 Å². The van der Waals surface area contributed by atoms with Crippen molar-refractivity contribution in [1.29, 1.82) is 0 Å². The Morgan fingerprint density at radius 1 is 1.00 bits per heavy atom. The van der Waals surface area contributed by atoms with E-state index in [1.54, 1.807) is 30.3 Å². The summed E-state index contributed by atoms with van der Waals surface area (Å²) < 4.78 is 12.7. The van der Waals surface area contributed by atoms with E-state index in [9.17, 15) is 14.6 Å². The topological polar surface area (TPSA) is 40.5 Å². The maximum absolute atomic E-state index is 12.7. The van der Waals surface area contributed by atoms with Crippen LogP contribution < -0.4 is 0 Å². The highest BCUT2D eigenvalue weighted by atomic mass is 19.1. The zero-order chi connectivity index (χ0) is 12.3. The van der Waals surface area contributed by atoms with Crippen molar-refractivity contribution in [1.82, 2.24) is 0 Å². The number of para-hydroxylation sites is 1. The molecule has 1 atom stereocenters. The third kappa shape index (κ3) is 2.82. The predicted molar refractivity (Wildman–Crippen MR) is 63.2 cm³/mol. The molecule has 1 unspecified atom stereocenters. The first kappa shape index (κ1) is 11.6. The smallest absolute Gasteiger partial charge is 0.123 e. The number of halogens is 1. The molecule has 0 aliphatic carbocycles. The Hall–Kier alpha value is -1.87. The molecule has 0 fully saturated rings. The molecule has 0 saturated heterocycles. The molecule has 0 aromatic heterocycles. The molecule has 0 spiro atoms. The second kappa shape index (κ2) is 4.97. The van der Waals surface area contributed by atoms with E-state index in [1.165, 1.54) is 18.2 Å². The van der Waals surface area contributed by atoms with Gasteiger partial charge in [-0.15, -0.1) is 0 Å². The number of aliphatic hydroxyl groups excluding tert-OH is 1. The Balaban J connectivity index is 2.14. The van der Waals surface area contributed by atoms with Gasteiger partial charge in [0.15, 0.2) is 0 Å². The monoisotopic (exact) mass is 232 g/mol. The molecular weight excluding hydrogens is 219 g/mol. The van der Waals surface area contributed by atoms with Crippen LogP contribution in [0.4, 0.5) is 4.39 Å². The second-order valence-electron chi connectivity index (χ2n) is 3.91. The summed E-state index contributed by atoms with van der Waals surface area (Å²) >= 11 is 0. The minimum Gasteiger partial charge on any atom is -0.508 e. The summed E-state index contributed by atoms with van der Waals surface area (Å²) in [6.45, 7) is 0. The Labute approximate surface area is 99.0 Å². The van der Waals surface area contributed by atoms with Crippen molar-refractivity contribution in [3.63, 3.8) is 0 Å². The largest absolute Gasteiger partial charge is 0.508 e. The van der Waals surface area contributed by atoms with Crippen molar-refractivity contribution >= 4 is 0 Å². The van der Waals surface area contributed by atoms with Gasteiger partial charge in [-0.25, -0.2) is 4.39 Å². The highest BCUT2D eigenvalue weighted by molar-refractivity contribution is 5.34. The van der Waals surface area contributed by atoms with Gasteiger partial charge in [-0.3, -0.25) is 0 Å². The third-order valence-electron chi connectivity index (χ3n) is 2.64. The molecule has 3 heteroatoms. The van der Waals surface area contributed by atoms with Crippen molar-refractivity contribution in [2.24, 2.45) is 0 Å².